The molecule has 0 aromatic carbocycles. The van der Waals surface area contributed by atoms with Crippen molar-refractivity contribution in [3.63, 3.8) is 0 Å². The summed E-state index contributed by atoms with van der Waals surface area (Å²) in [5.41, 5.74) is -0.434. The van der Waals surface area contributed by atoms with E-state index >= 15 is 0 Å². The van der Waals surface area contributed by atoms with Crippen molar-refractivity contribution in [3.05, 3.63) is 24.4 Å². The van der Waals surface area contributed by atoms with Gasteiger partial charge in [0.25, 0.3) is 0 Å². The van der Waals surface area contributed by atoms with Crippen molar-refractivity contribution in [2.24, 2.45) is 5.92 Å². The van der Waals surface area contributed by atoms with Gasteiger partial charge in [0, 0.05) is 25.8 Å². The quantitative estimate of drug-likeness (QED) is 0.929. The third-order valence-corrected chi connectivity index (χ3v) is 3.41. The van der Waals surface area contributed by atoms with Crippen LogP contribution < -0.4 is 5.32 Å². The van der Waals surface area contributed by atoms with Crippen LogP contribution in [0.1, 0.15) is 33.6 Å². The molecule has 1 N–H and O–H groups in total. The van der Waals surface area contributed by atoms with E-state index in [-0.39, 0.29) is 6.09 Å². The third-order valence-electron chi connectivity index (χ3n) is 3.41. The molecule has 0 radical (unpaired) electrons. The number of likely N-dealkylation sites (tertiary alicyclic amines) is 1. The normalized spacial score (nSPS) is 19.2. The Kier molecular flexibility index (Phi) is 5.04. The lowest BCUT2D eigenvalue weighted by molar-refractivity contribution is 0.0172. The number of pyridine rings is 1. The summed E-state index contributed by atoms with van der Waals surface area (Å²) < 4.78 is 5.44. The molecule has 2 heterocycles. The van der Waals surface area contributed by atoms with Crippen LogP contribution in [0.2, 0.25) is 0 Å². The molecule has 1 aliphatic rings. The summed E-state index contributed by atoms with van der Waals surface area (Å²) in [5.74, 6) is 1.32. The molecular formula is C16H25N3O2. The molecule has 1 saturated heterocycles. The lowest BCUT2D eigenvalue weighted by atomic mass is 9.98. The van der Waals surface area contributed by atoms with Crippen molar-refractivity contribution in [2.75, 3.05) is 25.0 Å². The van der Waals surface area contributed by atoms with Crippen LogP contribution in [0, 0.1) is 5.92 Å². The summed E-state index contributed by atoms with van der Waals surface area (Å²) in [7, 11) is 0. The molecule has 116 valence electrons. The van der Waals surface area contributed by atoms with Gasteiger partial charge >= 0.3 is 6.09 Å². The van der Waals surface area contributed by atoms with Crippen molar-refractivity contribution in [1.82, 2.24) is 9.88 Å². The van der Waals surface area contributed by atoms with E-state index in [4.69, 9.17) is 4.74 Å². The molecule has 0 bridgehead atoms. The summed E-state index contributed by atoms with van der Waals surface area (Å²) in [6.07, 6.45) is 3.72. The van der Waals surface area contributed by atoms with E-state index < -0.39 is 5.60 Å². The second-order valence-electron chi connectivity index (χ2n) is 6.53. The monoisotopic (exact) mass is 291 g/mol. The maximum Gasteiger partial charge on any atom is 0.410 e. The molecule has 21 heavy (non-hydrogen) atoms. The zero-order chi connectivity index (χ0) is 15.3. The lowest BCUT2D eigenvalue weighted by Gasteiger charge is -2.34. The van der Waals surface area contributed by atoms with Gasteiger partial charge in [0.1, 0.15) is 11.4 Å². The highest BCUT2D eigenvalue weighted by molar-refractivity contribution is 5.68. The summed E-state index contributed by atoms with van der Waals surface area (Å²) in [4.78, 5) is 18.2. The second-order valence-corrected chi connectivity index (χ2v) is 6.53. The predicted octanol–water partition coefficient (Wildman–Crippen LogP) is 3.14. The number of ether oxygens (including phenoxy) is 1. The molecule has 1 aromatic rings. The smallest absolute Gasteiger partial charge is 0.410 e. The summed E-state index contributed by atoms with van der Waals surface area (Å²) >= 11 is 0. The Hall–Kier alpha value is -1.78. The Morgan fingerprint density at radius 1 is 1.48 bits per heavy atom. The number of carbonyl (C=O) groups is 1. The molecule has 0 saturated carbocycles. The standard InChI is InChI=1S/C16H25N3O2/c1-16(2,3)21-15(20)19-10-6-7-13(12-19)11-18-14-8-4-5-9-17-14/h4-5,8-9,13H,6-7,10-12H2,1-3H3,(H,17,18)/t13-/m0/s1. The minimum Gasteiger partial charge on any atom is -0.444 e. The summed E-state index contributed by atoms with van der Waals surface area (Å²) in [5, 5.41) is 3.33. The first-order valence-electron chi connectivity index (χ1n) is 7.57. The fourth-order valence-corrected chi connectivity index (χ4v) is 2.44. The highest BCUT2D eigenvalue weighted by atomic mass is 16.6. The number of aromatic nitrogens is 1. The first kappa shape index (κ1) is 15.6. The number of amides is 1. The van der Waals surface area contributed by atoms with E-state index in [0.717, 1.165) is 38.3 Å². The molecule has 0 unspecified atom stereocenters. The van der Waals surface area contributed by atoms with E-state index in [1.807, 2.05) is 43.9 Å². The van der Waals surface area contributed by atoms with Crippen LogP contribution in [0.3, 0.4) is 0 Å². The van der Waals surface area contributed by atoms with Crippen molar-refractivity contribution in [1.29, 1.82) is 0 Å². The fourth-order valence-electron chi connectivity index (χ4n) is 2.44. The van der Waals surface area contributed by atoms with Gasteiger partial charge in [-0.3, -0.25) is 0 Å². The average Bonchev–Trinajstić information content (AvgIpc) is 2.45. The molecule has 1 amide bonds. The van der Waals surface area contributed by atoms with Crippen LogP contribution in [-0.2, 0) is 4.74 Å². The molecule has 0 spiro atoms. The molecule has 5 heteroatoms. The van der Waals surface area contributed by atoms with Gasteiger partial charge in [-0.2, -0.15) is 0 Å². The van der Waals surface area contributed by atoms with Crippen LogP contribution in [0.4, 0.5) is 10.6 Å². The third kappa shape index (κ3) is 5.25. The molecule has 1 aromatic heterocycles. The van der Waals surface area contributed by atoms with Gasteiger partial charge in [-0.15, -0.1) is 0 Å². The molecule has 1 atom stereocenters. The van der Waals surface area contributed by atoms with E-state index in [0.29, 0.717) is 5.92 Å². The highest BCUT2D eigenvalue weighted by Crippen LogP contribution is 2.19. The van der Waals surface area contributed by atoms with Crippen molar-refractivity contribution >= 4 is 11.9 Å². The predicted molar refractivity (Wildman–Crippen MR) is 83.3 cm³/mol. The van der Waals surface area contributed by atoms with Gasteiger partial charge in [-0.25, -0.2) is 9.78 Å². The first-order chi connectivity index (χ1) is 9.94. The Morgan fingerprint density at radius 3 is 2.95 bits per heavy atom. The van der Waals surface area contributed by atoms with E-state index in [1.165, 1.54) is 0 Å². The number of carbonyl (C=O) groups excluding carboxylic acids is 1. The van der Waals surface area contributed by atoms with Crippen LogP contribution in [-0.4, -0.2) is 41.2 Å². The Bertz CT molecular complexity index is 456. The van der Waals surface area contributed by atoms with Gasteiger partial charge in [0.2, 0.25) is 0 Å². The second kappa shape index (κ2) is 6.78. The van der Waals surface area contributed by atoms with Crippen LogP contribution in [0.25, 0.3) is 0 Å². The first-order valence-corrected chi connectivity index (χ1v) is 7.57. The zero-order valence-electron chi connectivity index (χ0n) is 13.1. The summed E-state index contributed by atoms with van der Waals surface area (Å²) in [6.45, 7) is 8.05. The van der Waals surface area contributed by atoms with Crippen LogP contribution in [0.15, 0.2) is 24.4 Å². The van der Waals surface area contributed by atoms with Gasteiger partial charge in [-0.05, 0) is 51.7 Å². The molecule has 5 nitrogen and oxygen atoms in total. The van der Waals surface area contributed by atoms with E-state index in [9.17, 15) is 4.79 Å². The van der Waals surface area contributed by atoms with E-state index in [1.54, 1.807) is 6.20 Å². The maximum atomic E-state index is 12.1. The number of hydrogen-bond acceptors (Lipinski definition) is 4. The Morgan fingerprint density at radius 2 is 2.29 bits per heavy atom. The van der Waals surface area contributed by atoms with Gasteiger partial charge in [0.05, 0.1) is 0 Å². The topological polar surface area (TPSA) is 54.5 Å². The number of rotatable bonds is 3. The Balaban J connectivity index is 1.82. The number of hydrogen-bond donors (Lipinski definition) is 1. The van der Waals surface area contributed by atoms with E-state index in [2.05, 4.69) is 10.3 Å². The number of piperidine rings is 1. The number of nitrogens with one attached hydrogen (secondary N) is 1. The Labute approximate surface area is 126 Å². The van der Waals surface area contributed by atoms with Crippen LogP contribution in [0.5, 0.6) is 0 Å². The minimum atomic E-state index is -0.434. The van der Waals surface area contributed by atoms with Crippen molar-refractivity contribution in [2.45, 2.75) is 39.2 Å². The number of anilines is 1. The minimum absolute atomic E-state index is 0.204. The van der Waals surface area contributed by atoms with Crippen molar-refractivity contribution in [3.8, 4) is 0 Å². The lowest BCUT2D eigenvalue weighted by Crippen LogP contribution is -2.44. The summed E-state index contributed by atoms with van der Waals surface area (Å²) in [6, 6.07) is 5.81. The maximum absolute atomic E-state index is 12.1. The molecule has 1 aliphatic heterocycles. The molecule has 1 fully saturated rings. The van der Waals surface area contributed by atoms with Gasteiger partial charge in [-0.1, -0.05) is 6.07 Å². The van der Waals surface area contributed by atoms with Gasteiger partial charge < -0.3 is 15.0 Å². The van der Waals surface area contributed by atoms with Gasteiger partial charge in [0.15, 0.2) is 0 Å². The zero-order valence-corrected chi connectivity index (χ0v) is 13.1. The number of nitrogens with zero attached hydrogens (tertiary/aromatic N) is 2. The van der Waals surface area contributed by atoms with Crippen LogP contribution >= 0.6 is 0 Å². The molecule has 0 aliphatic carbocycles. The molecular weight excluding hydrogens is 266 g/mol. The fraction of sp³-hybridized carbons (Fsp3) is 0.625. The SMILES string of the molecule is CC(C)(C)OC(=O)N1CCC[C@@H](CNc2ccccn2)C1. The highest BCUT2D eigenvalue weighted by Gasteiger charge is 2.27. The average molecular weight is 291 g/mol. The van der Waals surface area contributed by atoms with Crippen molar-refractivity contribution < 1.29 is 9.53 Å². The largest absolute Gasteiger partial charge is 0.444 e. The molecule has 2 rings (SSSR count).